The van der Waals surface area contributed by atoms with E-state index in [0.29, 0.717) is 18.5 Å². The number of hydrogen-bond acceptors (Lipinski definition) is 4. The molecule has 0 fully saturated rings. The van der Waals surface area contributed by atoms with E-state index in [1.54, 1.807) is 0 Å². The van der Waals surface area contributed by atoms with Crippen LogP contribution >= 0.6 is 0 Å². The first kappa shape index (κ1) is 15.9. The Hall–Kier alpha value is -1.16. The quantitative estimate of drug-likeness (QED) is 0.908. The van der Waals surface area contributed by atoms with Crippen LogP contribution in [0.5, 0.6) is 0 Å². The van der Waals surface area contributed by atoms with Crippen molar-refractivity contribution in [2.75, 3.05) is 11.9 Å². The van der Waals surface area contributed by atoms with Crippen molar-refractivity contribution in [3.63, 3.8) is 0 Å². The average Bonchev–Trinajstić information content (AvgIpc) is 2.34. The lowest BCUT2D eigenvalue weighted by atomic mass is 9.87. The summed E-state index contributed by atoms with van der Waals surface area (Å²) < 4.78 is 0. The maximum atomic E-state index is 5.85. The van der Waals surface area contributed by atoms with E-state index in [9.17, 15) is 0 Å². The number of nitrogens with zero attached hydrogens (tertiary/aromatic N) is 3. The van der Waals surface area contributed by atoms with Gasteiger partial charge < -0.3 is 10.6 Å². The van der Waals surface area contributed by atoms with Gasteiger partial charge in [-0.2, -0.15) is 0 Å². The van der Waals surface area contributed by atoms with Crippen LogP contribution in [0.1, 0.15) is 59.0 Å². The van der Waals surface area contributed by atoms with Crippen LogP contribution in [0.15, 0.2) is 6.20 Å². The maximum Gasteiger partial charge on any atom is 0.131 e. The number of rotatable bonds is 4. The third-order valence-electron chi connectivity index (χ3n) is 3.79. The van der Waals surface area contributed by atoms with Gasteiger partial charge in [0.15, 0.2) is 0 Å². The number of nitrogens with two attached hydrogens (primary N) is 1. The first-order chi connectivity index (χ1) is 8.68. The molecule has 0 aliphatic heterocycles. The molecule has 1 heterocycles. The number of hydrogen-bond donors (Lipinski definition) is 1. The van der Waals surface area contributed by atoms with Gasteiger partial charge in [0.1, 0.15) is 5.82 Å². The smallest absolute Gasteiger partial charge is 0.131 e. The minimum atomic E-state index is 0.192. The van der Waals surface area contributed by atoms with E-state index < -0.39 is 0 Å². The minimum absolute atomic E-state index is 0.192. The van der Waals surface area contributed by atoms with Crippen molar-refractivity contribution in [2.45, 2.75) is 60.0 Å². The summed E-state index contributed by atoms with van der Waals surface area (Å²) in [6.07, 6.45) is 1.91. The minimum Gasteiger partial charge on any atom is -0.369 e. The van der Waals surface area contributed by atoms with Gasteiger partial charge in [-0.15, -0.1) is 0 Å². The first-order valence-electron chi connectivity index (χ1n) is 6.97. The highest BCUT2D eigenvalue weighted by atomic mass is 15.2. The first-order valence-corrected chi connectivity index (χ1v) is 6.97. The molecule has 0 aromatic carbocycles. The Kier molecular flexibility index (Phi) is 4.91. The molecule has 0 saturated heterocycles. The molecule has 0 spiro atoms. The van der Waals surface area contributed by atoms with Crippen molar-refractivity contribution < 1.29 is 0 Å². The molecule has 0 saturated carbocycles. The highest BCUT2D eigenvalue weighted by molar-refractivity contribution is 5.49. The molecule has 19 heavy (non-hydrogen) atoms. The van der Waals surface area contributed by atoms with Gasteiger partial charge in [0, 0.05) is 25.6 Å². The molecule has 4 nitrogen and oxygen atoms in total. The lowest BCUT2D eigenvalue weighted by molar-refractivity contribution is 0.329. The Labute approximate surface area is 117 Å². The largest absolute Gasteiger partial charge is 0.369 e. The lowest BCUT2D eigenvalue weighted by Gasteiger charge is -2.37. The van der Waals surface area contributed by atoms with E-state index in [2.05, 4.69) is 63.5 Å². The van der Waals surface area contributed by atoms with Crippen molar-refractivity contribution in [1.29, 1.82) is 0 Å². The Bertz CT molecular complexity index is 421. The summed E-state index contributed by atoms with van der Waals surface area (Å²) in [6.45, 7) is 13.6. The number of aromatic nitrogens is 2. The molecule has 4 heteroatoms. The summed E-state index contributed by atoms with van der Waals surface area (Å²) in [7, 11) is 2.09. The fourth-order valence-corrected chi connectivity index (χ4v) is 1.94. The summed E-state index contributed by atoms with van der Waals surface area (Å²) in [5.41, 5.74) is 8.01. The molecule has 1 aromatic rings. The van der Waals surface area contributed by atoms with Crippen LogP contribution in [0, 0.1) is 5.41 Å². The second kappa shape index (κ2) is 5.87. The van der Waals surface area contributed by atoms with Crippen molar-refractivity contribution in [3.8, 4) is 0 Å². The van der Waals surface area contributed by atoms with Crippen LogP contribution in [0.3, 0.4) is 0 Å². The van der Waals surface area contributed by atoms with Crippen LogP contribution in [0.4, 0.5) is 5.69 Å². The van der Waals surface area contributed by atoms with Gasteiger partial charge in [0.05, 0.1) is 17.6 Å². The van der Waals surface area contributed by atoms with Gasteiger partial charge in [0.2, 0.25) is 0 Å². The molecule has 0 amide bonds. The fourth-order valence-electron chi connectivity index (χ4n) is 1.94. The van der Waals surface area contributed by atoms with E-state index in [1.165, 1.54) is 0 Å². The van der Waals surface area contributed by atoms with Crippen LogP contribution in [0.25, 0.3) is 0 Å². The van der Waals surface area contributed by atoms with Gasteiger partial charge >= 0.3 is 0 Å². The zero-order valence-corrected chi connectivity index (χ0v) is 13.4. The number of anilines is 1. The molecule has 108 valence electrons. The fraction of sp³-hybridized carbons (Fsp3) is 0.733. The predicted octanol–water partition coefficient (Wildman–Crippen LogP) is 2.93. The maximum absolute atomic E-state index is 5.85. The van der Waals surface area contributed by atoms with E-state index in [0.717, 1.165) is 17.2 Å². The zero-order chi connectivity index (χ0) is 14.8. The molecule has 0 aliphatic rings. The summed E-state index contributed by atoms with van der Waals surface area (Å²) in [4.78, 5) is 11.3. The monoisotopic (exact) mass is 264 g/mol. The third kappa shape index (κ3) is 3.66. The summed E-state index contributed by atoms with van der Waals surface area (Å²) >= 11 is 0. The molecule has 1 aromatic heterocycles. The second-order valence-corrected chi connectivity index (χ2v) is 6.57. The molecular weight excluding hydrogens is 236 g/mol. The molecule has 1 atom stereocenters. The van der Waals surface area contributed by atoms with Gasteiger partial charge in [0.25, 0.3) is 0 Å². The Morgan fingerprint density at radius 1 is 1.26 bits per heavy atom. The SMILES string of the molecule is CC(C)c1ncc(N(C)C(C)C(C)(C)C)c(CN)n1. The third-order valence-corrected chi connectivity index (χ3v) is 3.79. The molecule has 0 bridgehead atoms. The van der Waals surface area contributed by atoms with E-state index in [1.807, 2.05) is 6.20 Å². The molecular formula is C15H28N4. The average molecular weight is 264 g/mol. The molecule has 2 N–H and O–H groups in total. The Balaban J connectivity index is 3.13. The van der Waals surface area contributed by atoms with Crippen molar-refractivity contribution >= 4 is 5.69 Å². The van der Waals surface area contributed by atoms with Crippen LogP contribution in [-0.2, 0) is 6.54 Å². The lowest BCUT2D eigenvalue weighted by Crippen LogP contribution is -2.40. The molecule has 1 rings (SSSR count). The normalized spacial score (nSPS) is 13.7. The van der Waals surface area contributed by atoms with Gasteiger partial charge in [-0.3, -0.25) is 0 Å². The van der Waals surface area contributed by atoms with Crippen LogP contribution in [0.2, 0.25) is 0 Å². The predicted molar refractivity (Wildman–Crippen MR) is 81.3 cm³/mol. The van der Waals surface area contributed by atoms with Crippen LogP contribution < -0.4 is 10.6 Å². The van der Waals surface area contributed by atoms with Gasteiger partial charge in [-0.05, 0) is 12.3 Å². The summed E-state index contributed by atoms with van der Waals surface area (Å²) in [5, 5.41) is 0. The van der Waals surface area contributed by atoms with Crippen LogP contribution in [-0.4, -0.2) is 23.1 Å². The van der Waals surface area contributed by atoms with E-state index in [-0.39, 0.29) is 5.41 Å². The standard InChI is InChI=1S/C15H28N4/c1-10(2)14-17-9-13(12(8-16)18-14)19(7)11(3)15(4,5)6/h9-11H,8,16H2,1-7H3. The van der Waals surface area contributed by atoms with Gasteiger partial charge in [-0.25, -0.2) is 9.97 Å². The van der Waals surface area contributed by atoms with E-state index >= 15 is 0 Å². The molecule has 0 radical (unpaired) electrons. The second-order valence-electron chi connectivity index (χ2n) is 6.57. The highest BCUT2D eigenvalue weighted by Crippen LogP contribution is 2.28. The zero-order valence-electron chi connectivity index (χ0n) is 13.4. The summed E-state index contributed by atoms with van der Waals surface area (Å²) in [6, 6.07) is 0.381. The highest BCUT2D eigenvalue weighted by Gasteiger charge is 2.26. The van der Waals surface area contributed by atoms with Crippen molar-refractivity contribution in [3.05, 3.63) is 17.7 Å². The summed E-state index contributed by atoms with van der Waals surface area (Å²) in [5.74, 6) is 1.19. The van der Waals surface area contributed by atoms with Gasteiger partial charge in [-0.1, -0.05) is 34.6 Å². The Morgan fingerprint density at radius 2 is 1.84 bits per heavy atom. The van der Waals surface area contributed by atoms with E-state index in [4.69, 9.17) is 5.73 Å². The van der Waals surface area contributed by atoms with Crippen molar-refractivity contribution in [1.82, 2.24) is 9.97 Å². The molecule has 1 unspecified atom stereocenters. The van der Waals surface area contributed by atoms with Crippen molar-refractivity contribution in [2.24, 2.45) is 11.1 Å². The Morgan fingerprint density at radius 3 is 2.26 bits per heavy atom. The topological polar surface area (TPSA) is 55.0 Å². The molecule has 0 aliphatic carbocycles.